The Labute approximate surface area is 129 Å². The lowest BCUT2D eigenvalue weighted by Crippen LogP contribution is -1.98. The van der Waals surface area contributed by atoms with Gasteiger partial charge < -0.3 is 9.47 Å². The topological polar surface area (TPSA) is 48.4 Å². The maximum absolute atomic E-state index is 12.5. The molecule has 1 aliphatic carbocycles. The summed E-state index contributed by atoms with van der Waals surface area (Å²) in [4.78, 5) is 16.5. The number of hydrogen-bond acceptors (Lipinski definition) is 4. The van der Waals surface area contributed by atoms with Gasteiger partial charge in [0, 0.05) is 30.0 Å². The Balaban J connectivity index is 1.87. The van der Waals surface area contributed by atoms with Crippen LogP contribution < -0.4 is 9.47 Å². The number of hydrogen-bond donors (Lipinski definition) is 0. The van der Waals surface area contributed by atoms with Crippen LogP contribution in [0.3, 0.4) is 0 Å². The number of ketones is 1. The number of allylic oxidation sites excluding steroid dienone is 2. The Kier molecular flexibility index (Phi) is 3.92. The molecular formula is C18H17NO3. The number of carbonyl (C=O) groups is 1. The summed E-state index contributed by atoms with van der Waals surface area (Å²) in [6.45, 7) is 0. The van der Waals surface area contributed by atoms with Crippen molar-refractivity contribution in [3.8, 4) is 11.5 Å². The molecule has 4 nitrogen and oxygen atoms in total. The summed E-state index contributed by atoms with van der Waals surface area (Å²) < 4.78 is 10.6. The van der Waals surface area contributed by atoms with Crippen molar-refractivity contribution in [2.45, 2.75) is 12.8 Å². The van der Waals surface area contributed by atoms with Gasteiger partial charge in [-0.3, -0.25) is 9.78 Å². The predicted molar refractivity (Wildman–Crippen MR) is 83.6 cm³/mol. The first-order valence-corrected chi connectivity index (χ1v) is 7.10. The predicted octanol–water partition coefficient (Wildman–Crippen LogP) is 3.01. The second kappa shape index (κ2) is 6.02. The van der Waals surface area contributed by atoms with Crippen molar-refractivity contribution < 1.29 is 14.3 Å². The van der Waals surface area contributed by atoms with Gasteiger partial charge in [0.1, 0.15) is 0 Å². The van der Waals surface area contributed by atoms with Crippen LogP contribution in [-0.4, -0.2) is 25.0 Å². The molecule has 1 aromatic heterocycles. The number of benzene rings is 1. The van der Waals surface area contributed by atoms with Gasteiger partial charge in [0.15, 0.2) is 17.3 Å². The molecule has 0 aliphatic heterocycles. The fourth-order valence-electron chi connectivity index (χ4n) is 2.66. The minimum atomic E-state index is 0.0741. The van der Waals surface area contributed by atoms with Gasteiger partial charge >= 0.3 is 0 Å². The fraction of sp³-hybridized carbons (Fsp3) is 0.222. The molecule has 0 saturated heterocycles. The van der Waals surface area contributed by atoms with Crippen LogP contribution in [0, 0.1) is 0 Å². The van der Waals surface area contributed by atoms with Crippen LogP contribution in [0.5, 0.6) is 11.5 Å². The minimum Gasteiger partial charge on any atom is -0.493 e. The lowest BCUT2D eigenvalue weighted by molar-refractivity contribution is 0.103. The molecule has 0 saturated carbocycles. The highest BCUT2D eigenvalue weighted by molar-refractivity contribution is 6.13. The Morgan fingerprint density at radius 3 is 2.50 bits per heavy atom. The Morgan fingerprint density at radius 1 is 1.14 bits per heavy atom. The summed E-state index contributed by atoms with van der Waals surface area (Å²) in [5.41, 5.74) is 3.66. The van der Waals surface area contributed by atoms with Crippen LogP contribution >= 0.6 is 0 Å². The summed E-state index contributed by atoms with van der Waals surface area (Å²) in [5.74, 6) is 1.32. The minimum absolute atomic E-state index is 0.0741. The molecule has 0 N–H and O–H groups in total. The van der Waals surface area contributed by atoms with E-state index in [1.54, 1.807) is 32.7 Å². The zero-order chi connectivity index (χ0) is 15.5. The average Bonchev–Trinajstić information content (AvgIpc) is 2.88. The van der Waals surface area contributed by atoms with E-state index in [4.69, 9.17) is 9.47 Å². The van der Waals surface area contributed by atoms with Crippen LogP contribution in [0.25, 0.3) is 0 Å². The molecular weight excluding hydrogens is 278 g/mol. The lowest BCUT2D eigenvalue weighted by atomic mass is 10.1. The third-order valence-corrected chi connectivity index (χ3v) is 3.86. The van der Waals surface area contributed by atoms with Crippen LogP contribution in [0.1, 0.15) is 21.5 Å². The molecule has 0 radical (unpaired) electrons. The average molecular weight is 295 g/mol. The monoisotopic (exact) mass is 295 g/mol. The summed E-state index contributed by atoms with van der Waals surface area (Å²) in [5, 5.41) is 0. The standard InChI is InChI=1S/C18H17NO3/c1-21-16-10-14-9-13(4-3-12-5-7-19-8-6-12)18(20)15(14)11-17(16)22-2/h4-8,10-11H,3,9H2,1-2H3. The molecule has 4 heteroatoms. The number of methoxy groups -OCH3 is 2. The zero-order valence-corrected chi connectivity index (χ0v) is 12.6. The molecule has 1 aliphatic rings. The van der Waals surface area contributed by atoms with E-state index in [0.29, 0.717) is 23.5 Å². The number of carbonyl (C=O) groups excluding carboxylic acids is 1. The molecule has 0 unspecified atom stereocenters. The normalized spacial score (nSPS) is 15.0. The molecule has 2 aromatic rings. The van der Waals surface area contributed by atoms with Crippen LogP contribution in [0.15, 0.2) is 48.3 Å². The van der Waals surface area contributed by atoms with E-state index in [2.05, 4.69) is 4.98 Å². The highest BCUT2D eigenvalue weighted by Gasteiger charge is 2.26. The summed E-state index contributed by atoms with van der Waals surface area (Å²) in [7, 11) is 3.17. The first-order valence-electron chi connectivity index (χ1n) is 7.10. The van der Waals surface area contributed by atoms with E-state index in [0.717, 1.165) is 23.1 Å². The molecule has 112 valence electrons. The third-order valence-electron chi connectivity index (χ3n) is 3.86. The van der Waals surface area contributed by atoms with E-state index >= 15 is 0 Å². The third kappa shape index (κ3) is 2.60. The Bertz CT molecular complexity index is 735. The fourth-order valence-corrected chi connectivity index (χ4v) is 2.66. The lowest BCUT2D eigenvalue weighted by Gasteiger charge is -2.08. The van der Waals surface area contributed by atoms with Gasteiger partial charge in [0.25, 0.3) is 0 Å². The zero-order valence-electron chi connectivity index (χ0n) is 12.6. The van der Waals surface area contributed by atoms with Gasteiger partial charge in [-0.05, 0) is 41.8 Å². The highest BCUT2D eigenvalue weighted by atomic mass is 16.5. The van der Waals surface area contributed by atoms with Crippen molar-refractivity contribution in [3.05, 3.63) is 65.0 Å². The number of ether oxygens (including phenoxy) is 2. The molecule has 0 amide bonds. The first-order chi connectivity index (χ1) is 10.7. The molecule has 3 rings (SSSR count). The second-order valence-corrected chi connectivity index (χ2v) is 5.16. The maximum Gasteiger partial charge on any atom is 0.189 e. The SMILES string of the molecule is COc1cc2c(cc1OC)C(=O)C(=CCc1ccncc1)C2. The van der Waals surface area contributed by atoms with Crippen molar-refractivity contribution in [2.24, 2.45) is 0 Å². The molecule has 0 fully saturated rings. The molecule has 0 bridgehead atoms. The van der Waals surface area contributed by atoms with Crippen molar-refractivity contribution in [1.82, 2.24) is 4.98 Å². The van der Waals surface area contributed by atoms with Crippen molar-refractivity contribution in [2.75, 3.05) is 14.2 Å². The highest BCUT2D eigenvalue weighted by Crippen LogP contribution is 2.36. The molecule has 22 heavy (non-hydrogen) atoms. The van der Waals surface area contributed by atoms with Crippen LogP contribution in [-0.2, 0) is 12.8 Å². The van der Waals surface area contributed by atoms with Crippen molar-refractivity contribution in [1.29, 1.82) is 0 Å². The molecule has 1 aromatic carbocycles. The van der Waals surface area contributed by atoms with Gasteiger partial charge in [-0.1, -0.05) is 6.08 Å². The molecule has 0 atom stereocenters. The number of Topliss-reactive ketones (excluding diaryl/α,β-unsaturated/α-hetero) is 1. The quantitative estimate of drug-likeness (QED) is 0.814. The van der Waals surface area contributed by atoms with Gasteiger partial charge in [0.2, 0.25) is 0 Å². The van der Waals surface area contributed by atoms with E-state index in [1.807, 2.05) is 24.3 Å². The molecule has 0 spiro atoms. The van der Waals surface area contributed by atoms with Gasteiger partial charge in [-0.2, -0.15) is 0 Å². The summed E-state index contributed by atoms with van der Waals surface area (Å²) >= 11 is 0. The Hall–Kier alpha value is -2.62. The Morgan fingerprint density at radius 2 is 1.82 bits per heavy atom. The van der Waals surface area contributed by atoms with E-state index in [9.17, 15) is 4.79 Å². The summed E-state index contributed by atoms with van der Waals surface area (Å²) in [6, 6.07) is 7.56. The van der Waals surface area contributed by atoms with Gasteiger partial charge in [0.05, 0.1) is 14.2 Å². The van der Waals surface area contributed by atoms with Gasteiger partial charge in [-0.15, -0.1) is 0 Å². The van der Waals surface area contributed by atoms with Crippen LogP contribution in [0.2, 0.25) is 0 Å². The number of nitrogens with zero attached hydrogens (tertiary/aromatic N) is 1. The van der Waals surface area contributed by atoms with E-state index in [-0.39, 0.29) is 5.78 Å². The second-order valence-electron chi connectivity index (χ2n) is 5.16. The van der Waals surface area contributed by atoms with E-state index < -0.39 is 0 Å². The van der Waals surface area contributed by atoms with Crippen molar-refractivity contribution >= 4 is 5.78 Å². The maximum atomic E-state index is 12.5. The van der Waals surface area contributed by atoms with Crippen molar-refractivity contribution in [3.63, 3.8) is 0 Å². The number of fused-ring (bicyclic) bond motifs is 1. The summed E-state index contributed by atoms with van der Waals surface area (Å²) in [6.07, 6.45) is 6.88. The molecule has 1 heterocycles. The largest absolute Gasteiger partial charge is 0.493 e. The van der Waals surface area contributed by atoms with Gasteiger partial charge in [-0.25, -0.2) is 0 Å². The number of pyridine rings is 1. The van der Waals surface area contributed by atoms with E-state index in [1.165, 1.54) is 0 Å². The smallest absolute Gasteiger partial charge is 0.189 e. The first kappa shape index (κ1) is 14.3. The number of aromatic nitrogens is 1. The van der Waals surface area contributed by atoms with Crippen LogP contribution in [0.4, 0.5) is 0 Å². The number of rotatable bonds is 4.